The molecule has 2 rings (SSSR count). The predicted molar refractivity (Wildman–Crippen MR) is 86.8 cm³/mol. The minimum Gasteiger partial charge on any atom is -0.278 e. The van der Waals surface area contributed by atoms with E-state index in [0.717, 1.165) is 6.26 Å². The highest BCUT2D eigenvalue weighted by molar-refractivity contribution is 7.92. The van der Waals surface area contributed by atoms with E-state index in [2.05, 4.69) is 4.72 Å². The fourth-order valence-corrected chi connectivity index (χ4v) is 3.86. The quantitative estimate of drug-likeness (QED) is 0.884. The lowest BCUT2D eigenvalue weighted by Gasteiger charge is -2.10. The third kappa shape index (κ3) is 3.92. The lowest BCUT2D eigenvalue weighted by atomic mass is 10.3. The molecule has 9 heteroatoms. The number of sulfone groups is 1. The van der Waals surface area contributed by atoms with E-state index in [-0.39, 0.29) is 20.5 Å². The smallest absolute Gasteiger partial charge is 0.261 e. The van der Waals surface area contributed by atoms with Crippen LogP contribution in [0, 0.1) is 0 Å². The topological polar surface area (TPSA) is 80.3 Å². The summed E-state index contributed by atoms with van der Waals surface area (Å²) in [6.07, 6.45) is 1.04. The fraction of sp³-hybridized carbons (Fsp3) is 0.0769. The molecular weight excluding hydrogens is 369 g/mol. The number of sulfonamides is 1. The Kier molecular flexibility index (Phi) is 4.72. The van der Waals surface area contributed by atoms with Crippen molar-refractivity contribution in [1.82, 2.24) is 0 Å². The molecule has 118 valence electrons. The van der Waals surface area contributed by atoms with Gasteiger partial charge in [-0.15, -0.1) is 0 Å². The molecule has 0 fully saturated rings. The van der Waals surface area contributed by atoms with Gasteiger partial charge in [0.15, 0.2) is 9.84 Å². The normalized spacial score (nSPS) is 12.1. The first kappa shape index (κ1) is 17.1. The molecule has 1 N–H and O–H groups in total. The van der Waals surface area contributed by atoms with Crippen LogP contribution in [0.3, 0.4) is 0 Å². The Balaban J connectivity index is 2.34. The van der Waals surface area contributed by atoms with Gasteiger partial charge in [0.2, 0.25) is 0 Å². The summed E-state index contributed by atoms with van der Waals surface area (Å²) in [5.41, 5.74) is 0.179. The molecule has 5 nitrogen and oxygen atoms in total. The minimum atomic E-state index is -3.88. The van der Waals surface area contributed by atoms with E-state index in [9.17, 15) is 16.8 Å². The number of hydrogen-bond acceptors (Lipinski definition) is 4. The summed E-state index contributed by atoms with van der Waals surface area (Å²) in [6.45, 7) is 0. The Morgan fingerprint density at radius 2 is 1.41 bits per heavy atom. The maximum Gasteiger partial charge on any atom is 0.261 e. The van der Waals surface area contributed by atoms with Gasteiger partial charge >= 0.3 is 0 Å². The van der Waals surface area contributed by atoms with Crippen LogP contribution < -0.4 is 4.72 Å². The Hall–Kier alpha value is -1.28. The Labute approximate surface area is 138 Å². The van der Waals surface area contributed by atoms with E-state index >= 15 is 0 Å². The van der Waals surface area contributed by atoms with Gasteiger partial charge in [-0.25, -0.2) is 16.8 Å². The van der Waals surface area contributed by atoms with Crippen molar-refractivity contribution in [1.29, 1.82) is 0 Å². The summed E-state index contributed by atoms with van der Waals surface area (Å²) in [5, 5.41) is 0.536. The molecule has 0 aliphatic rings. The van der Waals surface area contributed by atoms with Crippen LogP contribution >= 0.6 is 23.2 Å². The molecule has 22 heavy (non-hydrogen) atoms. The first-order chi connectivity index (χ1) is 10.1. The van der Waals surface area contributed by atoms with E-state index in [0.29, 0.717) is 5.02 Å². The van der Waals surface area contributed by atoms with Crippen LogP contribution in [0.5, 0.6) is 0 Å². The fourth-order valence-electron chi connectivity index (χ4n) is 1.64. The van der Waals surface area contributed by atoms with Gasteiger partial charge in [0.1, 0.15) is 0 Å². The van der Waals surface area contributed by atoms with E-state index in [1.807, 2.05) is 0 Å². The van der Waals surface area contributed by atoms with Gasteiger partial charge in [-0.1, -0.05) is 23.2 Å². The van der Waals surface area contributed by atoms with Gasteiger partial charge in [0.05, 0.1) is 20.5 Å². The Bertz CT molecular complexity index is 908. The molecule has 0 unspecified atom stereocenters. The van der Waals surface area contributed by atoms with Gasteiger partial charge in [-0.05, 0) is 42.5 Å². The highest BCUT2D eigenvalue weighted by atomic mass is 35.5. The zero-order valence-corrected chi connectivity index (χ0v) is 14.4. The van der Waals surface area contributed by atoms with Crippen LogP contribution in [-0.2, 0) is 19.9 Å². The number of benzene rings is 2. The van der Waals surface area contributed by atoms with Crippen LogP contribution in [0.1, 0.15) is 0 Å². The number of nitrogens with one attached hydrogen (secondary N) is 1. The highest BCUT2D eigenvalue weighted by Crippen LogP contribution is 2.27. The van der Waals surface area contributed by atoms with E-state index in [1.165, 1.54) is 42.5 Å². The van der Waals surface area contributed by atoms with Gasteiger partial charge in [0, 0.05) is 11.3 Å². The third-order valence-electron chi connectivity index (χ3n) is 2.74. The second-order valence-corrected chi connectivity index (χ2v) is 9.02. The van der Waals surface area contributed by atoms with Crippen molar-refractivity contribution in [3.8, 4) is 0 Å². The summed E-state index contributed by atoms with van der Waals surface area (Å²) in [5.74, 6) is 0. The average molecular weight is 380 g/mol. The lowest BCUT2D eigenvalue weighted by Crippen LogP contribution is -2.13. The molecule has 0 bridgehead atoms. The molecular formula is C13H11Cl2NO4S2. The number of anilines is 1. The van der Waals surface area contributed by atoms with Crippen molar-refractivity contribution in [3.05, 3.63) is 52.5 Å². The van der Waals surface area contributed by atoms with Crippen molar-refractivity contribution in [2.24, 2.45) is 0 Å². The molecule has 0 heterocycles. The van der Waals surface area contributed by atoms with E-state index in [4.69, 9.17) is 23.2 Å². The highest BCUT2D eigenvalue weighted by Gasteiger charge is 2.17. The Morgan fingerprint density at radius 3 is 1.91 bits per heavy atom. The molecule has 0 aliphatic heterocycles. The molecule has 0 atom stereocenters. The van der Waals surface area contributed by atoms with Crippen LogP contribution in [-0.4, -0.2) is 23.1 Å². The monoisotopic (exact) mass is 379 g/mol. The van der Waals surface area contributed by atoms with Crippen molar-refractivity contribution in [2.75, 3.05) is 11.0 Å². The van der Waals surface area contributed by atoms with Gasteiger partial charge in [-0.2, -0.15) is 0 Å². The summed E-state index contributed by atoms with van der Waals surface area (Å²) in [7, 11) is -7.27. The standard InChI is InChI=1S/C13H11Cl2NO4S2/c1-21(17,18)10-3-5-11(6-4-10)22(19,20)16-13-7-2-9(14)8-12(13)15/h2-8,16H,1H3. The average Bonchev–Trinajstić information content (AvgIpc) is 2.41. The van der Waals surface area contributed by atoms with E-state index in [1.54, 1.807) is 0 Å². The molecule has 0 spiro atoms. The van der Waals surface area contributed by atoms with Crippen LogP contribution in [0.15, 0.2) is 52.3 Å². The first-order valence-corrected chi connectivity index (χ1v) is 10.0. The number of rotatable bonds is 4. The second-order valence-electron chi connectivity index (χ2n) is 4.47. The summed E-state index contributed by atoms with van der Waals surface area (Å²) >= 11 is 11.7. The molecule has 0 saturated carbocycles. The summed E-state index contributed by atoms with van der Waals surface area (Å²) in [6, 6.07) is 9.23. The maximum absolute atomic E-state index is 12.2. The van der Waals surface area contributed by atoms with Crippen LogP contribution in [0.25, 0.3) is 0 Å². The van der Waals surface area contributed by atoms with Crippen molar-refractivity contribution < 1.29 is 16.8 Å². The molecule has 0 aliphatic carbocycles. The van der Waals surface area contributed by atoms with Crippen LogP contribution in [0.2, 0.25) is 10.0 Å². The van der Waals surface area contributed by atoms with Gasteiger partial charge in [-0.3, -0.25) is 4.72 Å². The van der Waals surface area contributed by atoms with Gasteiger partial charge < -0.3 is 0 Å². The van der Waals surface area contributed by atoms with Crippen LogP contribution in [0.4, 0.5) is 5.69 Å². The largest absolute Gasteiger partial charge is 0.278 e. The van der Waals surface area contributed by atoms with Crippen molar-refractivity contribution in [3.63, 3.8) is 0 Å². The summed E-state index contributed by atoms with van der Waals surface area (Å²) < 4.78 is 49.5. The SMILES string of the molecule is CS(=O)(=O)c1ccc(S(=O)(=O)Nc2ccc(Cl)cc2Cl)cc1. The molecule has 0 saturated heterocycles. The zero-order valence-electron chi connectivity index (χ0n) is 11.2. The van der Waals surface area contributed by atoms with E-state index < -0.39 is 19.9 Å². The third-order valence-corrected chi connectivity index (χ3v) is 5.80. The molecule has 2 aromatic carbocycles. The van der Waals surface area contributed by atoms with Crippen molar-refractivity contribution in [2.45, 2.75) is 9.79 Å². The number of hydrogen-bond donors (Lipinski definition) is 1. The first-order valence-electron chi connectivity index (χ1n) is 5.87. The molecule has 0 aromatic heterocycles. The Morgan fingerprint density at radius 1 is 0.864 bits per heavy atom. The summed E-state index contributed by atoms with van der Waals surface area (Å²) in [4.78, 5) is -0.0399. The molecule has 0 radical (unpaired) electrons. The van der Waals surface area contributed by atoms with Crippen molar-refractivity contribution >= 4 is 48.7 Å². The second kappa shape index (κ2) is 6.08. The maximum atomic E-state index is 12.2. The minimum absolute atomic E-state index is 0.0379. The number of halogens is 2. The molecule has 2 aromatic rings. The lowest BCUT2D eigenvalue weighted by molar-refractivity contribution is 0.597. The zero-order chi connectivity index (χ0) is 16.5. The predicted octanol–water partition coefficient (Wildman–Crippen LogP) is 3.20. The molecule has 0 amide bonds. The van der Waals surface area contributed by atoms with Gasteiger partial charge in [0.25, 0.3) is 10.0 Å².